The van der Waals surface area contributed by atoms with Crippen molar-refractivity contribution in [3.8, 4) is 0 Å². The van der Waals surface area contributed by atoms with Gasteiger partial charge in [-0.1, -0.05) is 62.2 Å². The number of nitrogens with two attached hydrogens (primary N) is 1. The van der Waals surface area contributed by atoms with E-state index in [1.54, 1.807) is 0 Å². The highest BCUT2D eigenvalue weighted by atomic mass is 35.5. The van der Waals surface area contributed by atoms with Crippen molar-refractivity contribution in [2.45, 2.75) is 45.7 Å². The van der Waals surface area contributed by atoms with E-state index in [0.717, 1.165) is 38.2 Å². The summed E-state index contributed by atoms with van der Waals surface area (Å²) in [6.07, 6.45) is 2.63. The van der Waals surface area contributed by atoms with Crippen LogP contribution in [0.3, 0.4) is 0 Å². The van der Waals surface area contributed by atoms with Crippen molar-refractivity contribution in [2.75, 3.05) is 23.7 Å². The Hall–Kier alpha value is -2.20. The first kappa shape index (κ1) is 20.5. The van der Waals surface area contributed by atoms with Gasteiger partial charge >= 0.3 is 0 Å². The number of carbonyl (C=O) groups is 1. The first-order valence-corrected chi connectivity index (χ1v) is 10.5. The summed E-state index contributed by atoms with van der Waals surface area (Å²) in [7, 11) is 0. The molecule has 1 aliphatic heterocycles. The van der Waals surface area contributed by atoms with E-state index >= 15 is 0 Å². The maximum absolute atomic E-state index is 12.6. The number of nitrogens with zero attached hydrogens (tertiary/aromatic N) is 2. The molecule has 0 bridgehead atoms. The zero-order valence-corrected chi connectivity index (χ0v) is 17.5. The minimum Gasteiger partial charge on any atom is -0.398 e. The third kappa shape index (κ3) is 4.99. The Bertz CT molecular complexity index is 796. The van der Waals surface area contributed by atoms with Crippen molar-refractivity contribution in [3.05, 3.63) is 59.1 Å². The quantitative estimate of drug-likeness (QED) is 0.669. The fourth-order valence-corrected chi connectivity index (χ4v) is 3.88. The number of nitrogen functional groups attached to an aromatic ring is 1. The van der Waals surface area contributed by atoms with E-state index in [1.165, 1.54) is 5.56 Å². The van der Waals surface area contributed by atoms with Gasteiger partial charge in [0, 0.05) is 37.8 Å². The molecule has 0 radical (unpaired) electrons. The number of hydrogen-bond donors (Lipinski definition) is 1. The van der Waals surface area contributed by atoms with Crippen LogP contribution in [-0.4, -0.2) is 29.9 Å². The molecule has 1 aliphatic rings. The van der Waals surface area contributed by atoms with Crippen LogP contribution in [0.5, 0.6) is 0 Å². The van der Waals surface area contributed by atoms with Crippen LogP contribution in [0.25, 0.3) is 0 Å². The van der Waals surface area contributed by atoms with Crippen LogP contribution in [0, 0.1) is 5.92 Å². The number of carbonyl (C=O) groups excluding carboxylic acids is 1. The number of likely N-dealkylation sites (tertiary alicyclic amines) is 1. The Kier molecular flexibility index (Phi) is 6.84. The second-order valence-electron chi connectivity index (χ2n) is 7.82. The first-order valence-electron chi connectivity index (χ1n) is 10.1. The molecule has 1 saturated heterocycles. The molecule has 3 rings (SSSR count). The van der Waals surface area contributed by atoms with Gasteiger partial charge in [-0.05, 0) is 36.1 Å². The third-order valence-electron chi connectivity index (χ3n) is 5.69. The standard InChI is InChI=1S/C23H30ClN3O/c1-3-17(2)13-23(28)26-12-11-20(16-26)27(15-18-7-5-4-6-8-18)19-9-10-22(25)21(24)14-19/h4-10,14,17,20H,3,11-13,15-16,25H2,1-2H3/t17?,20-/m0/s1. The molecule has 28 heavy (non-hydrogen) atoms. The first-order chi connectivity index (χ1) is 13.5. The molecule has 1 fully saturated rings. The van der Waals surface area contributed by atoms with Crippen LogP contribution < -0.4 is 10.6 Å². The molecule has 1 unspecified atom stereocenters. The Morgan fingerprint density at radius 3 is 2.71 bits per heavy atom. The van der Waals surface area contributed by atoms with Gasteiger partial charge in [0.1, 0.15) is 0 Å². The summed E-state index contributed by atoms with van der Waals surface area (Å²) in [5, 5.41) is 0.568. The minimum atomic E-state index is 0.265. The summed E-state index contributed by atoms with van der Waals surface area (Å²) in [6.45, 7) is 6.62. The highest BCUT2D eigenvalue weighted by molar-refractivity contribution is 6.33. The second kappa shape index (κ2) is 9.33. The van der Waals surface area contributed by atoms with E-state index in [-0.39, 0.29) is 11.9 Å². The average molecular weight is 400 g/mol. The summed E-state index contributed by atoms with van der Waals surface area (Å²) in [5.41, 5.74) is 8.78. The molecule has 0 aromatic heterocycles. The van der Waals surface area contributed by atoms with Crippen molar-refractivity contribution in [2.24, 2.45) is 5.92 Å². The molecular weight excluding hydrogens is 370 g/mol. The highest BCUT2D eigenvalue weighted by Crippen LogP contribution is 2.30. The average Bonchev–Trinajstić information content (AvgIpc) is 3.19. The lowest BCUT2D eigenvalue weighted by atomic mass is 10.0. The number of amides is 1. The number of benzene rings is 2. The summed E-state index contributed by atoms with van der Waals surface area (Å²) in [5.74, 6) is 0.703. The lowest BCUT2D eigenvalue weighted by molar-refractivity contribution is -0.131. The number of anilines is 2. The smallest absolute Gasteiger partial charge is 0.222 e. The van der Waals surface area contributed by atoms with Crippen LogP contribution in [0.15, 0.2) is 48.5 Å². The Balaban J connectivity index is 1.79. The van der Waals surface area contributed by atoms with Crippen molar-refractivity contribution >= 4 is 28.9 Å². The van der Waals surface area contributed by atoms with Crippen LogP contribution in [0.1, 0.15) is 38.7 Å². The SMILES string of the molecule is CCC(C)CC(=O)N1CC[C@H](N(Cc2ccccc2)c2ccc(N)c(Cl)c2)C1. The van der Waals surface area contributed by atoms with E-state index in [9.17, 15) is 4.79 Å². The fourth-order valence-electron chi connectivity index (χ4n) is 3.70. The molecule has 0 aliphatic carbocycles. The molecule has 150 valence electrons. The van der Waals surface area contributed by atoms with Gasteiger partial charge in [-0.15, -0.1) is 0 Å². The third-order valence-corrected chi connectivity index (χ3v) is 6.02. The summed E-state index contributed by atoms with van der Waals surface area (Å²) in [4.78, 5) is 17.0. The summed E-state index contributed by atoms with van der Waals surface area (Å²) >= 11 is 6.30. The number of rotatable bonds is 7. The van der Waals surface area contributed by atoms with Crippen molar-refractivity contribution in [3.63, 3.8) is 0 Å². The molecule has 0 spiro atoms. The second-order valence-corrected chi connectivity index (χ2v) is 8.23. The zero-order chi connectivity index (χ0) is 20.1. The van der Waals surface area contributed by atoms with Crippen molar-refractivity contribution in [1.29, 1.82) is 0 Å². The molecule has 1 heterocycles. The van der Waals surface area contributed by atoms with Crippen LogP contribution in [0.2, 0.25) is 5.02 Å². The van der Waals surface area contributed by atoms with Crippen LogP contribution in [-0.2, 0) is 11.3 Å². The van der Waals surface area contributed by atoms with Gasteiger partial charge in [0.25, 0.3) is 0 Å². The summed E-state index contributed by atoms with van der Waals surface area (Å²) in [6, 6.07) is 16.5. The van der Waals surface area contributed by atoms with E-state index in [2.05, 4.69) is 43.0 Å². The highest BCUT2D eigenvalue weighted by Gasteiger charge is 2.31. The van der Waals surface area contributed by atoms with Crippen molar-refractivity contribution < 1.29 is 4.79 Å². The molecule has 0 saturated carbocycles. The Labute approximate surface area is 173 Å². The Morgan fingerprint density at radius 2 is 2.04 bits per heavy atom. The number of halogens is 1. The molecule has 5 heteroatoms. The molecular formula is C23H30ClN3O. The lowest BCUT2D eigenvalue weighted by Gasteiger charge is -2.32. The fraction of sp³-hybridized carbons (Fsp3) is 0.435. The number of hydrogen-bond acceptors (Lipinski definition) is 3. The van der Waals surface area contributed by atoms with Crippen LogP contribution >= 0.6 is 11.6 Å². The van der Waals surface area contributed by atoms with E-state index in [4.69, 9.17) is 17.3 Å². The van der Waals surface area contributed by atoms with E-state index in [0.29, 0.717) is 23.0 Å². The maximum atomic E-state index is 12.6. The minimum absolute atomic E-state index is 0.265. The van der Waals surface area contributed by atoms with Gasteiger partial charge < -0.3 is 15.5 Å². The largest absolute Gasteiger partial charge is 0.398 e. The predicted octanol–water partition coefficient (Wildman–Crippen LogP) is 4.97. The zero-order valence-electron chi connectivity index (χ0n) is 16.8. The molecule has 1 amide bonds. The van der Waals surface area contributed by atoms with Gasteiger partial charge in [0.2, 0.25) is 5.91 Å². The molecule has 2 aromatic rings. The monoisotopic (exact) mass is 399 g/mol. The normalized spacial score (nSPS) is 17.5. The van der Waals surface area contributed by atoms with Gasteiger partial charge in [-0.25, -0.2) is 0 Å². The Morgan fingerprint density at radius 1 is 1.29 bits per heavy atom. The van der Waals surface area contributed by atoms with Gasteiger partial charge in [0.15, 0.2) is 0 Å². The van der Waals surface area contributed by atoms with Gasteiger partial charge in [-0.3, -0.25) is 4.79 Å². The molecule has 2 aromatic carbocycles. The molecule has 2 atom stereocenters. The maximum Gasteiger partial charge on any atom is 0.222 e. The predicted molar refractivity (Wildman–Crippen MR) is 118 cm³/mol. The topological polar surface area (TPSA) is 49.6 Å². The summed E-state index contributed by atoms with van der Waals surface area (Å²) < 4.78 is 0. The molecule has 2 N–H and O–H groups in total. The van der Waals surface area contributed by atoms with Gasteiger partial charge in [0.05, 0.1) is 10.7 Å². The van der Waals surface area contributed by atoms with E-state index in [1.807, 2.05) is 29.2 Å². The van der Waals surface area contributed by atoms with Crippen molar-refractivity contribution in [1.82, 2.24) is 4.90 Å². The lowest BCUT2D eigenvalue weighted by Crippen LogP contribution is -2.39. The molecule has 4 nitrogen and oxygen atoms in total. The van der Waals surface area contributed by atoms with Crippen LogP contribution in [0.4, 0.5) is 11.4 Å². The van der Waals surface area contributed by atoms with E-state index < -0.39 is 0 Å². The van der Waals surface area contributed by atoms with Gasteiger partial charge in [-0.2, -0.15) is 0 Å².